The number of carbonyl (C=O) groups is 1. The van der Waals surface area contributed by atoms with Gasteiger partial charge in [0.25, 0.3) is 5.91 Å². The highest BCUT2D eigenvalue weighted by molar-refractivity contribution is 6.02. The van der Waals surface area contributed by atoms with Crippen LogP contribution in [0, 0.1) is 0 Å². The summed E-state index contributed by atoms with van der Waals surface area (Å²) in [6.07, 6.45) is 6.06. The first-order valence-electron chi connectivity index (χ1n) is 5.54. The van der Waals surface area contributed by atoms with Gasteiger partial charge in [-0.2, -0.15) is 5.10 Å². The summed E-state index contributed by atoms with van der Waals surface area (Å²) in [4.78, 5) is 15.7. The van der Waals surface area contributed by atoms with Gasteiger partial charge >= 0.3 is 0 Å². The molecule has 1 amide bonds. The van der Waals surface area contributed by atoms with Crippen molar-refractivity contribution in [1.82, 2.24) is 14.8 Å². The minimum Gasteiger partial charge on any atom is -0.320 e. The number of rotatable bonds is 4. The molecule has 0 atom stereocenters. The molecule has 0 aliphatic rings. The topological polar surface area (TPSA) is 59.8 Å². The van der Waals surface area contributed by atoms with Crippen LogP contribution in [-0.4, -0.2) is 20.7 Å². The monoisotopic (exact) mass is 230 g/mol. The minimum absolute atomic E-state index is 0.203. The van der Waals surface area contributed by atoms with Crippen LogP contribution in [0.4, 0.5) is 5.69 Å². The summed E-state index contributed by atoms with van der Waals surface area (Å²) < 4.78 is 1.77. The maximum absolute atomic E-state index is 11.8. The predicted molar refractivity (Wildman–Crippen MR) is 64.7 cm³/mol. The summed E-state index contributed by atoms with van der Waals surface area (Å²) in [6.45, 7) is 2.89. The van der Waals surface area contributed by atoms with Gasteiger partial charge in [-0.15, -0.1) is 0 Å². The van der Waals surface area contributed by atoms with E-state index in [1.165, 1.54) is 0 Å². The second-order valence-corrected chi connectivity index (χ2v) is 3.65. The highest BCUT2D eigenvalue weighted by atomic mass is 16.1. The van der Waals surface area contributed by atoms with Crippen molar-refractivity contribution in [2.75, 3.05) is 5.32 Å². The molecule has 0 saturated heterocycles. The van der Waals surface area contributed by atoms with Gasteiger partial charge in [0, 0.05) is 30.8 Å². The average Bonchev–Trinajstić information content (AvgIpc) is 2.79. The quantitative estimate of drug-likeness (QED) is 0.873. The molecule has 0 saturated carbocycles. The van der Waals surface area contributed by atoms with Crippen LogP contribution in [0.1, 0.15) is 23.8 Å². The summed E-state index contributed by atoms with van der Waals surface area (Å²) in [5.41, 5.74) is 1.14. The fraction of sp³-hybridized carbons (Fsp3) is 0.250. The Kier molecular flexibility index (Phi) is 3.49. The molecule has 0 bridgehead atoms. The highest BCUT2D eigenvalue weighted by Crippen LogP contribution is 2.06. The second-order valence-electron chi connectivity index (χ2n) is 3.65. The van der Waals surface area contributed by atoms with Crippen molar-refractivity contribution in [3.05, 3.63) is 42.5 Å². The third kappa shape index (κ3) is 2.90. The zero-order chi connectivity index (χ0) is 12.1. The molecule has 0 fully saturated rings. The number of nitrogens with one attached hydrogen (secondary N) is 1. The summed E-state index contributed by atoms with van der Waals surface area (Å²) in [5, 5.41) is 6.94. The van der Waals surface area contributed by atoms with Crippen molar-refractivity contribution < 1.29 is 4.79 Å². The summed E-state index contributed by atoms with van der Waals surface area (Å²) >= 11 is 0. The van der Waals surface area contributed by atoms with Gasteiger partial charge in [0.1, 0.15) is 0 Å². The van der Waals surface area contributed by atoms with E-state index in [1.807, 2.05) is 6.20 Å². The SMILES string of the molecule is CCCn1ccc(C(=O)Nc2ccncc2)n1. The van der Waals surface area contributed by atoms with Gasteiger partial charge in [-0.3, -0.25) is 14.5 Å². The van der Waals surface area contributed by atoms with Crippen LogP contribution >= 0.6 is 0 Å². The Balaban J connectivity index is 2.04. The maximum Gasteiger partial charge on any atom is 0.276 e. The molecular weight excluding hydrogens is 216 g/mol. The molecule has 0 spiro atoms. The van der Waals surface area contributed by atoms with Gasteiger partial charge < -0.3 is 5.32 Å². The Morgan fingerprint density at radius 2 is 2.12 bits per heavy atom. The summed E-state index contributed by atoms with van der Waals surface area (Å²) in [5.74, 6) is -0.203. The van der Waals surface area contributed by atoms with E-state index in [4.69, 9.17) is 0 Å². The van der Waals surface area contributed by atoms with E-state index in [-0.39, 0.29) is 5.91 Å². The van der Waals surface area contributed by atoms with Crippen molar-refractivity contribution in [2.24, 2.45) is 0 Å². The van der Waals surface area contributed by atoms with Gasteiger partial charge in [-0.1, -0.05) is 6.92 Å². The van der Waals surface area contributed by atoms with E-state index in [0.717, 1.165) is 18.7 Å². The number of carbonyl (C=O) groups excluding carboxylic acids is 1. The van der Waals surface area contributed by atoms with Gasteiger partial charge in [-0.25, -0.2) is 0 Å². The molecule has 1 N–H and O–H groups in total. The first kappa shape index (κ1) is 11.3. The average molecular weight is 230 g/mol. The van der Waals surface area contributed by atoms with Crippen molar-refractivity contribution in [2.45, 2.75) is 19.9 Å². The molecule has 2 aromatic rings. The highest BCUT2D eigenvalue weighted by Gasteiger charge is 2.09. The summed E-state index contributed by atoms with van der Waals surface area (Å²) in [7, 11) is 0. The zero-order valence-corrected chi connectivity index (χ0v) is 9.63. The first-order chi connectivity index (χ1) is 8.29. The largest absolute Gasteiger partial charge is 0.320 e. The van der Waals surface area contributed by atoms with Crippen molar-refractivity contribution in [3.63, 3.8) is 0 Å². The van der Waals surface area contributed by atoms with E-state index < -0.39 is 0 Å². The van der Waals surface area contributed by atoms with Gasteiger partial charge in [-0.05, 0) is 24.6 Å². The molecule has 0 aliphatic heterocycles. The van der Waals surface area contributed by atoms with Crippen molar-refractivity contribution in [3.8, 4) is 0 Å². The lowest BCUT2D eigenvalue weighted by molar-refractivity contribution is 0.102. The standard InChI is InChI=1S/C12H14N4O/c1-2-8-16-9-5-11(15-16)12(17)14-10-3-6-13-7-4-10/h3-7,9H,2,8H2,1H3,(H,13,14,17). The number of hydrogen-bond acceptors (Lipinski definition) is 3. The number of anilines is 1. The van der Waals surface area contributed by atoms with E-state index in [9.17, 15) is 4.79 Å². The molecule has 0 unspecified atom stereocenters. The van der Waals surface area contributed by atoms with Crippen LogP contribution in [0.3, 0.4) is 0 Å². The Hall–Kier alpha value is -2.17. The smallest absolute Gasteiger partial charge is 0.276 e. The lowest BCUT2D eigenvalue weighted by Crippen LogP contribution is -2.13. The number of aryl methyl sites for hydroxylation is 1. The summed E-state index contributed by atoms with van der Waals surface area (Å²) in [6, 6.07) is 5.19. The Bertz CT molecular complexity index is 492. The number of nitrogens with zero attached hydrogens (tertiary/aromatic N) is 3. The van der Waals surface area contributed by atoms with Crippen LogP contribution in [-0.2, 0) is 6.54 Å². The Labute approximate surface area is 99.5 Å². The van der Waals surface area contributed by atoms with Crippen molar-refractivity contribution >= 4 is 11.6 Å². The molecule has 0 radical (unpaired) electrons. The number of hydrogen-bond donors (Lipinski definition) is 1. The molecule has 2 aromatic heterocycles. The fourth-order valence-corrected chi connectivity index (χ4v) is 1.47. The van der Waals surface area contributed by atoms with E-state index in [0.29, 0.717) is 5.69 Å². The molecule has 2 heterocycles. The second kappa shape index (κ2) is 5.25. The third-order valence-electron chi connectivity index (χ3n) is 2.26. The number of pyridine rings is 1. The van der Waals surface area contributed by atoms with Gasteiger partial charge in [0.15, 0.2) is 5.69 Å². The Morgan fingerprint density at radius 1 is 1.35 bits per heavy atom. The van der Waals surface area contributed by atoms with Gasteiger partial charge in [0.05, 0.1) is 0 Å². The normalized spacial score (nSPS) is 10.2. The van der Waals surface area contributed by atoms with Crippen LogP contribution < -0.4 is 5.32 Å². The van der Waals surface area contributed by atoms with Crippen LogP contribution in [0.2, 0.25) is 0 Å². The Morgan fingerprint density at radius 3 is 2.82 bits per heavy atom. The molecule has 2 rings (SSSR count). The number of amides is 1. The molecule has 5 nitrogen and oxygen atoms in total. The van der Waals surface area contributed by atoms with E-state index in [1.54, 1.807) is 35.3 Å². The molecule has 88 valence electrons. The van der Waals surface area contributed by atoms with E-state index in [2.05, 4.69) is 22.3 Å². The predicted octanol–water partition coefficient (Wildman–Crippen LogP) is 1.94. The van der Waals surface area contributed by atoms with Gasteiger partial charge in [0.2, 0.25) is 0 Å². The van der Waals surface area contributed by atoms with Crippen LogP contribution in [0.15, 0.2) is 36.8 Å². The molecule has 0 aliphatic carbocycles. The fourth-order valence-electron chi connectivity index (χ4n) is 1.47. The molecule has 0 aromatic carbocycles. The zero-order valence-electron chi connectivity index (χ0n) is 9.63. The number of aromatic nitrogens is 3. The lowest BCUT2D eigenvalue weighted by atomic mass is 10.3. The molecular formula is C12H14N4O. The van der Waals surface area contributed by atoms with Crippen LogP contribution in [0.5, 0.6) is 0 Å². The first-order valence-corrected chi connectivity index (χ1v) is 5.54. The minimum atomic E-state index is -0.203. The molecule has 5 heteroatoms. The van der Waals surface area contributed by atoms with Crippen molar-refractivity contribution in [1.29, 1.82) is 0 Å². The maximum atomic E-state index is 11.8. The van der Waals surface area contributed by atoms with E-state index >= 15 is 0 Å². The third-order valence-corrected chi connectivity index (χ3v) is 2.26. The van der Waals surface area contributed by atoms with Crippen LogP contribution in [0.25, 0.3) is 0 Å². The lowest BCUT2D eigenvalue weighted by Gasteiger charge is -2.01. The molecule has 17 heavy (non-hydrogen) atoms.